The van der Waals surface area contributed by atoms with E-state index in [1.54, 1.807) is 11.8 Å². The number of halogens is 3. The minimum Gasteiger partial charge on any atom is -0.303 e. The molecule has 206 valence electrons. The molecule has 0 spiro atoms. The lowest BCUT2D eigenvalue weighted by molar-refractivity contribution is -0.0436. The van der Waals surface area contributed by atoms with E-state index in [1.807, 2.05) is 30.3 Å². The SMILES string of the molecule is CCS(=O)(=O)c1ccc(C[C@H](CCN2CCC(C)CC2)CSc2ccccc2)c(S(=O)(=O)C(F)(F)F)c1. The normalized spacial score (nSPS) is 17.1. The van der Waals surface area contributed by atoms with Crippen LogP contribution in [0, 0.1) is 11.8 Å². The quantitative estimate of drug-likeness (QED) is 0.312. The molecule has 0 radical (unpaired) electrons. The van der Waals surface area contributed by atoms with E-state index in [0.717, 1.165) is 37.4 Å². The van der Waals surface area contributed by atoms with Crippen LogP contribution in [0.2, 0.25) is 0 Å². The van der Waals surface area contributed by atoms with Crippen LogP contribution in [0.15, 0.2) is 63.2 Å². The molecule has 0 unspecified atom stereocenters. The fraction of sp³-hybridized carbons (Fsp3) is 0.538. The predicted molar refractivity (Wildman–Crippen MR) is 141 cm³/mol. The van der Waals surface area contributed by atoms with E-state index in [2.05, 4.69) is 11.8 Å². The highest BCUT2D eigenvalue weighted by Gasteiger charge is 2.48. The van der Waals surface area contributed by atoms with Gasteiger partial charge in [0.15, 0.2) is 9.84 Å². The Kier molecular flexibility index (Phi) is 10.2. The van der Waals surface area contributed by atoms with Gasteiger partial charge in [0.05, 0.1) is 15.5 Å². The smallest absolute Gasteiger partial charge is 0.303 e. The van der Waals surface area contributed by atoms with Crippen molar-refractivity contribution in [2.24, 2.45) is 11.8 Å². The van der Waals surface area contributed by atoms with Gasteiger partial charge in [-0.15, -0.1) is 11.8 Å². The summed E-state index contributed by atoms with van der Waals surface area (Å²) in [7, 11) is -9.62. The van der Waals surface area contributed by atoms with Crippen LogP contribution >= 0.6 is 11.8 Å². The van der Waals surface area contributed by atoms with E-state index in [9.17, 15) is 30.0 Å². The van der Waals surface area contributed by atoms with Crippen LogP contribution in [0.1, 0.15) is 38.7 Å². The van der Waals surface area contributed by atoms with E-state index in [0.29, 0.717) is 24.2 Å². The second kappa shape index (κ2) is 12.5. The van der Waals surface area contributed by atoms with Crippen molar-refractivity contribution in [2.75, 3.05) is 31.1 Å². The highest BCUT2D eigenvalue weighted by Crippen LogP contribution is 2.36. The van der Waals surface area contributed by atoms with Gasteiger partial charge in [0, 0.05) is 10.6 Å². The molecule has 1 atom stereocenters. The Balaban J connectivity index is 1.91. The number of hydrogen-bond donors (Lipinski definition) is 0. The van der Waals surface area contributed by atoms with Crippen molar-refractivity contribution in [3.05, 3.63) is 54.1 Å². The summed E-state index contributed by atoms with van der Waals surface area (Å²) in [6, 6.07) is 12.8. The third kappa shape index (κ3) is 7.97. The molecule has 0 aliphatic carbocycles. The number of hydrogen-bond acceptors (Lipinski definition) is 6. The second-order valence-corrected chi connectivity index (χ2v) is 14.9. The van der Waals surface area contributed by atoms with Crippen molar-refractivity contribution < 1.29 is 30.0 Å². The number of alkyl halides is 3. The predicted octanol–water partition coefficient (Wildman–Crippen LogP) is 5.85. The summed E-state index contributed by atoms with van der Waals surface area (Å²) in [5.41, 5.74) is -5.53. The first-order valence-corrected chi connectivity index (χ1v) is 16.5. The zero-order valence-electron chi connectivity index (χ0n) is 21.1. The molecule has 1 heterocycles. The Morgan fingerprint density at radius 2 is 1.68 bits per heavy atom. The van der Waals surface area contributed by atoms with Crippen LogP contribution in [-0.2, 0) is 26.1 Å². The fourth-order valence-electron chi connectivity index (χ4n) is 4.38. The molecule has 2 aromatic carbocycles. The zero-order chi connectivity index (χ0) is 27.3. The monoisotopic (exact) mass is 577 g/mol. The van der Waals surface area contributed by atoms with Crippen LogP contribution in [0.5, 0.6) is 0 Å². The summed E-state index contributed by atoms with van der Waals surface area (Å²) in [5, 5.41) is 0. The molecule has 0 amide bonds. The molecule has 1 fully saturated rings. The van der Waals surface area contributed by atoms with Crippen LogP contribution in [0.4, 0.5) is 13.2 Å². The molecule has 0 bridgehead atoms. The van der Waals surface area contributed by atoms with Gasteiger partial charge in [-0.3, -0.25) is 0 Å². The van der Waals surface area contributed by atoms with Gasteiger partial charge in [-0.05, 0) is 87.0 Å². The minimum atomic E-state index is -5.73. The summed E-state index contributed by atoms with van der Waals surface area (Å²) in [6.07, 6.45) is 2.99. The average Bonchev–Trinajstić information content (AvgIpc) is 2.86. The molecule has 2 aromatic rings. The van der Waals surface area contributed by atoms with Gasteiger partial charge < -0.3 is 4.90 Å². The number of likely N-dealkylation sites (tertiary alicyclic amines) is 1. The highest BCUT2D eigenvalue weighted by molar-refractivity contribution is 7.99. The van der Waals surface area contributed by atoms with E-state index < -0.39 is 35.0 Å². The van der Waals surface area contributed by atoms with E-state index in [4.69, 9.17) is 0 Å². The van der Waals surface area contributed by atoms with Crippen LogP contribution in [0.3, 0.4) is 0 Å². The largest absolute Gasteiger partial charge is 0.501 e. The molecule has 0 N–H and O–H groups in total. The third-order valence-corrected chi connectivity index (χ3v) is 11.4. The number of benzene rings is 2. The Morgan fingerprint density at radius 1 is 1.03 bits per heavy atom. The average molecular weight is 578 g/mol. The lowest BCUT2D eigenvalue weighted by Gasteiger charge is -2.31. The van der Waals surface area contributed by atoms with E-state index in [-0.39, 0.29) is 23.7 Å². The van der Waals surface area contributed by atoms with Gasteiger partial charge in [-0.1, -0.05) is 38.1 Å². The fourth-order valence-corrected chi connectivity index (χ4v) is 7.45. The van der Waals surface area contributed by atoms with Crippen molar-refractivity contribution in [1.29, 1.82) is 0 Å². The molecule has 1 aliphatic rings. The highest BCUT2D eigenvalue weighted by atomic mass is 32.2. The number of rotatable bonds is 11. The molecule has 5 nitrogen and oxygen atoms in total. The van der Waals surface area contributed by atoms with Crippen LogP contribution < -0.4 is 0 Å². The maximum Gasteiger partial charge on any atom is 0.501 e. The Morgan fingerprint density at radius 3 is 2.27 bits per heavy atom. The number of piperidine rings is 1. The van der Waals surface area contributed by atoms with Crippen LogP contribution in [0.25, 0.3) is 0 Å². The van der Waals surface area contributed by atoms with Crippen LogP contribution in [-0.4, -0.2) is 58.4 Å². The second-order valence-electron chi connectivity index (χ2n) is 9.63. The Bertz CT molecular complexity index is 1240. The van der Waals surface area contributed by atoms with Gasteiger partial charge >= 0.3 is 5.51 Å². The molecule has 1 saturated heterocycles. The summed E-state index contributed by atoms with van der Waals surface area (Å²) in [6.45, 7) is 6.30. The summed E-state index contributed by atoms with van der Waals surface area (Å²) >= 11 is 1.58. The summed E-state index contributed by atoms with van der Waals surface area (Å²) in [4.78, 5) is 1.99. The van der Waals surface area contributed by atoms with Gasteiger partial charge in [0.1, 0.15) is 0 Å². The van der Waals surface area contributed by atoms with Crippen molar-refractivity contribution in [3.8, 4) is 0 Å². The van der Waals surface area contributed by atoms with Gasteiger partial charge in [-0.25, -0.2) is 16.8 Å². The van der Waals surface area contributed by atoms with Gasteiger partial charge in [0.2, 0.25) is 0 Å². The standard InChI is InChI=1S/C26H34F3NO4S3/c1-3-36(31,32)24-10-9-22(25(18-24)37(33,34)26(27,28)29)17-21(19-35-23-7-5-4-6-8-23)13-16-30-14-11-20(2)12-15-30/h4-10,18,20-21H,3,11-17,19H2,1-2H3/t21-/m0/s1. The maximum absolute atomic E-state index is 13.6. The van der Waals surface area contributed by atoms with Crippen molar-refractivity contribution >= 4 is 31.4 Å². The minimum absolute atomic E-state index is 0.00157. The van der Waals surface area contributed by atoms with E-state index in [1.165, 1.54) is 19.1 Å². The molecular weight excluding hydrogens is 543 g/mol. The van der Waals surface area contributed by atoms with Gasteiger partial charge in [-0.2, -0.15) is 13.2 Å². The molecule has 37 heavy (non-hydrogen) atoms. The van der Waals surface area contributed by atoms with Gasteiger partial charge in [0.25, 0.3) is 9.84 Å². The molecule has 0 aromatic heterocycles. The Labute approximate surface area is 222 Å². The third-order valence-electron chi connectivity index (χ3n) is 6.84. The maximum atomic E-state index is 13.6. The lowest BCUT2D eigenvalue weighted by atomic mass is 9.95. The Hall–Kier alpha value is -1.56. The first kappa shape index (κ1) is 30.0. The van der Waals surface area contributed by atoms with Crippen molar-refractivity contribution in [1.82, 2.24) is 4.90 Å². The summed E-state index contributed by atoms with van der Waals surface area (Å²) < 4.78 is 90.5. The van der Waals surface area contributed by atoms with Crippen molar-refractivity contribution in [2.45, 2.75) is 59.7 Å². The number of sulfone groups is 2. The number of nitrogens with zero attached hydrogens (tertiary/aromatic N) is 1. The topological polar surface area (TPSA) is 71.5 Å². The molecule has 11 heteroatoms. The number of thioether (sulfide) groups is 1. The summed E-state index contributed by atoms with van der Waals surface area (Å²) in [5.74, 6) is 0.811. The molecule has 3 rings (SSSR count). The molecular formula is C26H34F3NO4S3. The molecule has 0 saturated carbocycles. The molecule has 1 aliphatic heterocycles. The lowest BCUT2D eigenvalue weighted by Crippen LogP contribution is -2.34. The first-order chi connectivity index (χ1) is 17.3. The van der Waals surface area contributed by atoms with Crippen molar-refractivity contribution in [3.63, 3.8) is 0 Å². The zero-order valence-corrected chi connectivity index (χ0v) is 23.5. The first-order valence-electron chi connectivity index (χ1n) is 12.4. The van der Waals surface area contributed by atoms with E-state index >= 15 is 0 Å².